The van der Waals surface area contributed by atoms with Crippen molar-refractivity contribution in [3.63, 3.8) is 0 Å². The van der Waals surface area contributed by atoms with Crippen molar-refractivity contribution in [3.05, 3.63) is 29.3 Å². The molecule has 2 fully saturated rings. The van der Waals surface area contributed by atoms with Gasteiger partial charge >= 0.3 is 0 Å². The molecule has 5 heteroatoms. The Morgan fingerprint density at radius 3 is 2.70 bits per heavy atom. The highest BCUT2D eigenvalue weighted by Gasteiger charge is 2.39. The first-order chi connectivity index (χ1) is 11.2. The van der Waals surface area contributed by atoms with E-state index in [0.29, 0.717) is 18.3 Å². The Hall–Kier alpha value is -1.88. The maximum atomic E-state index is 11.9. The topological polar surface area (TPSA) is 70.2 Å². The van der Waals surface area contributed by atoms with Crippen LogP contribution in [0.2, 0.25) is 0 Å². The summed E-state index contributed by atoms with van der Waals surface area (Å²) in [5, 5.41) is 9.15. The molecule has 0 saturated carbocycles. The molecule has 2 heterocycles. The van der Waals surface area contributed by atoms with Crippen molar-refractivity contribution in [2.75, 3.05) is 18.4 Å². The fourth-order valence-corrected chi connectivity index (χ4v) is 4.37. The smallest absolute Gasteiger partial charge is 0.249 e. The minimum absolute atomic E-state index is 0.171. The van der Waals surface area contributed by atoms with Gasteiger partial charge in [0.25, 0.3) is 0 Å². The van der Waals surface area contributed by atoms with E-state index in [0.717, 1.165) is 25.2 Å². The largest absolute Gasteiger partial charge is 0.374 e. The number of hydrogen-bond acceptors (Lipinski definition) is 4. The van der Waals surface area contributed by atoms with Crippen LogP contribution in [-0.4, -0.2) is 30.9 Å². The van der Waals surface area contributed by atoms with Crippen LogP contribution in [0, 0.1) is 0 Å². The van der Waals surface area contributed by atoms with Gasteiger partial charge in [0.15, 0.2) is 0 Å². The van der Waals surface area contributed by atoms with Gasteiger partial charge in [0, 0.05) is 12.1 Å². The predicted octanol–water partition coefficient (Wildman–Crippen LogP) is 1.47. The van der Waals surface area contributed by atoms with E-state index in [-0.39, 0.29) is 17.9 Å². The monoisotopic (exact) mass is 313 g/mol. The van der Waals surface area contributed by atoms with E-state index in [2.05, 4.69) is 34.1 Å². The van der Waals surface area contributed by atoms with Gasteiger partial charge in [-0.25, -0.2) is 0 Å². The number of carbonyl (C=O) groups excluding carboxylic acids is 2. The lowest BCUT2D eigenvalue weighted by molar-refractivity contribution is -0.133. The number of nitrogens with one attached hydrogen (secondary N) is 3. The summed E-state index contributed by atoms with van der Waals surface area (Å²) in [6.45, 7) is 2.21. The standard InChI is InChI=1S/C18H23N3O2/c22-16-4-3-15(17(23)21-16)20-13-1-2-14-12(11-13)5-6-18(14)7-9-19-10-8-18/h1-2,11,15,19-20H,3-10H2,(H,21,22,23). The van der Waals surface area contributed by atoms with E-state index in [4.69, 9.17) is 0 Å². The second kappa shape index (κ2) is 5.64. The van der Waals surface area contributed by atoms with E-state index < -0.39 is 0 Å². The van der Waals surface area contributed by atoms with E-state index in [1.807, 2.05) is 0 Å². The van der Waals surface area contributed by atoms with Crippen LogP contribution in [0.15, 0.2) is 18.2 Å². The predicted molar refractivity (Wildman–Crippen MR) is 88.3 cm³/mol. The van der Waals surface area contributed by atoms with Gasteiger partial charge in [-0.1, -0.05) is 6.07 Å². The Balaban J connectivity index is 1.52. The van der Waals surface area contributed by atoms with Crippen LogP contribution in [0.5, 0.6) is 0 Å². The summed E-state index contributed by atoms with van der Waals surface area (Å²) >= 11 is 0. The number of anilines is 1. The zero-order chi connectivity index (χ0) is 15.9. The third kappa shape index (κ3) is 2.63. The average Bonchev–Trinajstić information content (AvgIpc) is 2.89. The lowest BCUT2D eigenvalue weighted by Gasteiger charge is -2.35. The Bertz CT molecular complexity index is 650. The van der Waals surface area contributed by atoms with Crippen molar-refractivity contribution >= 4 is 17.5 Å². The van der Waals surface area contributed by atoms with Crippen LogP contribution in [0.3, 0.4) is 0 Å². The van der Waals surface area contributed by atoms with Crippen molar-refractivity contribution < 1.29 is 9.59 Å². The molecule has 1 aromatic rings. The summed E-state index contributed by atoms with van der Waals surface area (Å²) < 4.78 is 0. The van der Waals surface area contributed by atoms with Crippen molar-refractivity contribution in [3.8, 4) is 0 Å². The molecule has 2 aliphatic heterocycles. The van der Waals surface area contributed by atoms with Gasteiger partial charge in [-0.15, -0.1) is 0 Å². The number of piperidine rings is 2. The fourth-order valence-electron chi connectivity index (χ4n) is 4.37. The highest BCUT2D eigenvalue weighted by molar-refractivity contribution is 6.01. The molecule has 4 rings (SSSR count). The van der Waals surface area contributed by atoms with Gasteiger partial charge in [-0.2, -0.15) is 0 Å². The number of hydrogen-bond donors (Lipinski definition) is 3. The van der Waals surface area contributed by atoms with Crippen LogP contribution in [-0.2, 0) is 21.4 Å². The highest BCUT2D eigenvalue weighted by Crippen LogP contribution is 2.45. The van der Waals surface area contributed by atoms with Crippen molar-refractivity contribution in [2.45, 2.75) is 50.0 Å². The Morgan fingerprint density at radius 2 is 1.91 bits per heavy atom. The number of carbonyl (C=O) groups is 2. The average molecular weight is 313 g/mol. The summed E-state index contributed by atoms with van der Waals surface area (Å²) in [5.74, 6) is -0.383. The lowest BCUT2D eigenvalue weighted by atomic mass is 9.74. The summed E-state index contributed by atoms with van der Waals surface area (Å²) in [6, 6.07) is 6.25. The van der Waals surface area contributed by atoms with E-state index >= 15 is 0 Å². The number of aryl methyl sites for hydroxylation is 1. The maximum Gasteiger partial charge on any atom is 0.249 e. The SMILES string of the molecule is O=C1CCC(Nc2ccc3c(c2)CCC32CCNCC2)C(=O)N1. The molecular formula is C18H23N3O2. The molecule has 1 aromatic carbocycles. The Kier molecular flexibility index (Phi) is 3.60. The van der Waals surface area contributed by atoms with E-state index in [9.17, 15) is 9.59 Å². The van der Waals surface area contributed by atoms with Crippen LogP contribution in [0.4, 0.5) is 5.69 Å². The summed E-state index contributed by atoms with van der Waals surface area (Å²) in [5.41, 5.74) is 4.29. The number of amides is 2. The van der Waals surface area contributed by atoms with Gasteiger partial charge in [-0.3, -0.25) is 14.9 Å². The molecule has 5 nitrogen and oxygen atoms in total. The first kappa shape index (κ1) is 14.7. The quantitative estimate of drug-likeness (QED) is 0.723. The minimum Gasteiger partial charge on any atom is -0.374 e. The first-order valence-electron chi connectivity index (χ1n) is 8.61. The number of imide groups is 1. The van der Waals surface area contributed by atoms with E-state index in [1.165, 1.54) is 30.4 Å². The normalized spacial score (nSPS) is 26.0. The molecule has 0 radical (unpaired) electrons. The van der Waals surface area contributed by atoms with Crippen LogP contribution in [0.1, 0.15) is 43.2 Å². The molecule has 1 unspecified atom stereocenters. The van der Waals surface area contributed by atoms with Gasteiger partial charge in [-0.05, 0) is 73.9 Å². The van der Waals surface area contributed by atoms with Crippen molar-refractivity contribution in [1.29, 1.82) is 0 Å². The zero-order valence-corrected chi connectivity index (χ0v) is 13.3. The number of fused-ring (bicyclic) bond motifs is 2. The maximum absolute atomic E-state index is 11.9. The van der Waals surface area contributed by atoms with Gasteiger partial charge < -0.3 is 10.6 Å². The van der Waals surface area contributed by atoms with E-state index in [1.54, 1.807) is 0 Å². The third-order valence-electron chi connectivity index (χ3n) is 5.69. The Morgan fingerprint density at radius 1 is 1.09 bits per heavy atom. The third-order valence-corrected chi connectivity index (χ3v) is 5.69. The molecule has 1 spiro atoms. The molecule has 23 heavy (non-hydrogen) atoms. The summed E-state index contributed by atoms with van der Waals surface area (Å²) in [7, 11) is 0. The summed E-state index contributed by atoms with van der Waals surface area (Å²) in [4.78, 5) is 23.1. The highest BCUT2D eigenvalue weighted by atomic mass is 16.2. The van der Waals surface area contributed by atoms with Crippen molar-refractivity contribution in [2.24, 2.45) is 0 Å². The summed E-state index contributed by atoms with van der Waals surface area (Å²) in [6.07, 6.45) is 5.79. The van der Waals surface area contributed by atoms with Gasteiger partial charge in [0.1, 0.15) is 6.04 Å². The van der Waals surface area contributed by atoms with Crippen LogP contribution < -0.4 is 16.0 Å². The van der Waals surface area contributed by atoms with Crippen LogP contribution in [0.25, 0.3) is 0 Å². The zero-order valence-electron chi connectivity index (χ0n) is 13.3. The molecule has 1 atom stereocenters. The lowest BCUT2D eigenvalue weighted by Crippen LogP contribution is -2.47. The first-order valence-corrected chi connectivity index (χ1v) is 8.61. The Labute approximate surface area is 136 Å². The molecule has 3 N–H and O–H groups in total. The van der Waals surface area contributed by atoms with Crippen LogP contribution >= 0.6 is 0 Å². The number of rotatable bonds is 2. The van der Waals surface area contributed by atoms with Gasteiger partial charge in [0.2, 0.25) is 11.8 Å². The molecule has 0 bridgehead atoms. The fraction of sp³-hybridized carbons (Fsp3) is 0.556. The molecule has 2 saturated heterocycles. The number of benzene rings is 1. The molecule has 0 aromatic heterocycles. The second-order valence-corrected chi connectivity index (χ2v) is 7.05. The molecular weight excluding hydrogens is 290 g/mol. The van der Waals surface area contributed by atoms with Gasteiger partial charge in [0.05, 0.1) is 0 Å². The second-order valence-electron chi connectivity index (χ2n) is 7.05. The molecule has 2 amide bonds. The molecule has 1 aliphatic carbocycles. The molecule has 3 aliphatic rings. The minimum atomic E-state index is -0.306. The van der Waals surface area contributed by atoms with Crippen molar-refractivity contribution in [1.82, 2.24) is 10.6 Å². The molecule has 122 valence electrons.